The van der Waals surface area contributed by atoms with E-state index in [4.69, 9.17) is 17.3 Å². The Morgan fingerprint density at radius 2 is 2.10 bits per heavy atom. The van der Waals surface area contributed by atoms with Crippen LogP contribution in [0.5, 0.6) is 0 Å². The van der Waals surface area contributed by atoms with Crippen LogP contribution in [-0.2, 0) is 14.8 Å². The molecular weight excluding hydrogens is 302 g/mol. The van der Waals surface area contributed by atoms with Crippen molar-refractivity contribution in [2.75, 3.05) is 25.9 Å². The minimum absolute atomic E-state index is 0.0807. The fraction of sp³-hybridized carbons (Fsp3) is 0.417. The first kappa shape index (κ1) is 16.7. The van der Waals surface area contributed by atoms with Gasteiger partial charge in [-0.2, -0.15) is 4.31 Å². The van der Waals surface area contributed by atoms with E-state index in [9.17, 15) is 13.2 Å². The van der Waals surface area contributed by atoms with Crippen LogP contribution < -0.4 is 11.1 Å². The number of likely N-dealkylation sites (N-methyl/N-ethyl adjacent to an activating group) is 1. The molecular formula is C12H18ClN3O3S. The van der Waals surface area contributed by atoms with Crippen LogP contribution in [0, 0.1) is 0 Å². The average Bonchev–Trinajstić information content (AvgIpc) is 2.40. The molecule has 20 heavy (non-hydrogen) atoms. The highest BCUT2D eigenvalue weighted by Crippen LogP contribution is 2.26. The number of rotatable bonds is 6. The average molecular weight is 320 g/mol. The molecule has 112 valence electrons. The number of hydrogen-bond acceptors (Lipinski definition) is 4. The van der Waals surface area contributed by atoms with E-state index in [1.807, 2.05) is 6.92 Å². The van der Waals surface area contributed by atoms with Gasteiger partial charge in [-0.05, 0) is 24.6 Å². The second kappa shape index (κ2) is 6.92. The molecule has 0 saturated carbocycles. The van der Waals surface area contributed by atoms with Crippen molar-refractivity contribution in [2.24, 2.45) is 0 Å². The zero-order chi connectivity index (χ0) is 15.3. The lowest BCUT2D eigenvalue weighted by molar-refractivity contribution is -0.120. The SMILES string of the molecule is CCCN(CC(=O)NC)S(=O)(=O)c1cc(N)ccc1Cl. The number of nitrogens with one attached hydrogen (secondary N) is 1. The van der Waals surface area contributed by atoms with Crippen molar-refractivity contribution in [2.45, 2.75) is 18.2 Å². The fourth-order valence-electron chi connectivity index (χ4n) is 1.63. The number of nitrogens with two attached hydrogens (primary N) is 1. The quantitative estimate of drug-likeness (QED) is 0.767. The minimum atomic E-state index is -3.86. The van der Waals surface area contributed by atoms with E-state index in [-0.39, 0.29) is 28.9 Å². The number of hydrogen-bond donors (Lipinski definition) is 2. The number of amides is 1. The Kier molecular flexibility index (Phi) is 5.79. The van der Waals surface area contributed by atoms with Gasteiger partial charge in [0.15, 0.2) is 0 Å². The summed E-state index contributed by atoms with van der Waals surface area (Å²) in [5.41, 5.74) is 5.90. The summed E-state index contributed by atoms with van der Waals surface area (Å²) in [7, 11) is -2.41. The lowest BCUT2D eigenvalue weighted by atomic mass is 10.3. The maximum absolute atomic E-state index is 12.6. The minimum Gasteiger partial charge on any atom is -0.399 e. The van der Waals surface area contributed by atoms with Gasteiger partial charge in [0.05, 0.1) is 11.6 Å². The fourth-order valence-corrected chi connectivity index (χ4v) is 3.63. The van der Waals surface area contributed by atoms with Gasteiger partial charge in [0, 0.05) is 19.3 Å². The van der Waals surface area contributed by atoms with Crippen LogP contribution in [0.2, 0.25) is 5.02 Å². The molecule has 0 saturated heterocycles. The number of benzene rings is 1. The third-order valence-electron chi connectivity index (χ3n) is 2.64. The van der Waals surface area contributed by atoms with E-state index < -0.39 is 10.0 Å². The summed E-state index contributed by atoms with van der Waals surface area (Å²) in [6, 6.07) is 4.24. The first-order chi connectivity index (χ1) is 9.32. The van der Waals surface area contributed by atoms with Gasteiger partial charge >= 0.3 is 0 Å². The van der Waals surface area contributed by atoms with Gasteiger partial charge in [-0.3, -0.25) is 4.79 Å². The van der Waals surface area contributed by atoms with Crippen molar-refractivity contribution in [1.29, 1.82) is 0 Å². The molecule has 0 spiro atoms. The molecule has 0 heterocycles. The Morgan fingerprint density at radius 3 is 2.65 bits per heavy atom. The van der Waals surface area contributed by atoms with Crippen molar-refractivity contribution in [3.05, 3.63) is 23.2 Å². The predicted molar refractivity (Wildman–Crippen MR) is 79.0 cm³/mol. The maximum atomic E-state index is 12.6. The van der Waals surface area contributed by atoms with Gasteiger partial charge in [-0.1, -0.05) is 18.5 Å². The van der Waals surface area contributed by atoms with Crippen molar-refractivity contribution >= 4 is 33.2 Å². The molecule has 3 N–H and O–H groups in total. The zero-order valence-electron chi connectivity index (χ0n) is 11.4. The molecule has 0 fully saturated rings. The smallest absolute Gasteiger partial charge is 0.245 e. The molecule has 1 aromatic rings. The first-order valence-electron chi connectivity index (χ1n) is 6.08. The molecule has 6 nitrogen and oxygen atoms in total. The molecule has 0 bridgehead atoms. The summed E-state index contributed by atoms with van der Waals surface area (Å²) >= 11 is 5.93. The molecule has 0 radical (unpaired) electrons. The molecule has 1 aromatic carbocycles. The summed E-state index contributed by atoms with van der Waals surface area (Å²) in [5, 5.41) is 2.48. The van der Waals surface area contributed by atoms with E-state index in [2.05, 4.69) is 5.32 Å². The standard InChI is InChI=1S/C12H18ClN3O3S/c1-3-6-16(8-12(17)15-2)20(18,19)11-7-9(14)4-5-10(11)13/h4-5,7H,3,6,8,14H2,1-2H3,(H,15,17). The van der Waals surface area contributed by atoms with Crippen LogP contribution in [-0.4, -0.2) is 38.8 Å². The van der Waals surface area contributed by atoms with Gasteiger partial charge in [-0.15, -0.1) is 0 Å². The monoisotopic (exact) mass is 319 g/mol. The highest BCUT2D eigenvalue weighted by atomic mass is 35.5. The van der Waals surface area contributed by atoms with Crippen molar-refractivity contribution in [3.8, 4) is 0 Å². The molecule has 1 rings (SSSR count). The largest absolute Gasteiger partial charge is 0.399 e. The van der Waals surface area contributed by atoms with Gasteiger partial charge in [0.2, 0.25) is 15.9 Å². The summed E-state index contributed by atoms with van der Waals surface area (Å²) in [4.78, 5) is 11.4. The summed E-state index contributed by atoms with van der Waals surface area (Å²) in [6.07, 6.45) is 0.580. The number of halogens is 1. The van der Waals surface area contributed by atoms with E-state index in [0.29, 0.717) is 12.1 Å². The van der Waals surface area contributed by atoms with Crippen molar-refractivity contribution < 1.29 is 13.2 Å². The summed E-state index contributed by atoms with van der Waals surface area (Å²) in [6.45, 7) is 1.80. The topological polar surface area (TPSA) is 92.5 Å². The maximum Gasteiger partial charge on any atom is 0.245 e. The lowest BCUT2D eigenvalue weighted by Crippen LogP contribution is -2.40. The lowest BCUT2D eigenvalue weighted by Gasteiger charge is -2.21. The van der Waals surface area contributed by atoms with E-state index in [1.54, 1.807) is 0 Å². The Balaban J connectivity index is 3.22. The molecule has 0 aliphatic carbocycles. The Bertz CT molecular complexity index is 590. The Morgan fingerprint density at radius 1 is 1.45 bits per heavy atom. The number of carbonyl (C=O) groups excluding carboxylic acids is 1. The molecule has 0 atom stereocenters. The third-order valence-corrected chi connectivity index (χ3v) is 4.97. The van der Waals surface area contributed by atoms with Crippen LogP contribution in [0.15, 0.2) is 23.1 Å². The van der Waals surface area contributed by atoms with Crippen LogP contribution in [0.4, 0.5) is 5.69 Å². The van der Waals surface area contributed by atoms with Gasteiger partial charge in [0.1, 0.15) is 4.90 Å². The predicted octanol–water partition coefficient (Wildman–Crippen LogP) is 1.07. The molecule has 8 heteroatoms. The van der Waals surface area contributed by atoms with E-state index >= 15 is 0 Å². The highest BCUT2D eigenvalue weighted by Gasteiger charge is 2.27. The second-order valence-electron chi connectivity index (χ2n) is 4.20. The number of nitrogens with zero attached hydrogens (tertiary/aromatic N) is 1. The van der Waals surface area contributed by atoms with Crippen molar-refractivity contribution in [3.63, 3.8) is 0 Å². The van der Waals surface area contributed by atoms with Crippen molar-refractivity contribution in [1.82, 2.24) is 9.62 Å². The number of anilines is 1. The van der Waals surface area contributed by atoms with Crippen LogP contribution in [0.25, 0.3) is 0 Å². The number of nitrogen functional groups attached to an aromatic ring is 1. The van der Waals surface area contributed by atoms with Crippen LogP contribution in [0.3, 0.4) is 0 Å². The molecule has 1 amide bonds. The summed E-state index contributed by atoms with van der Waals surface area (Å²) in [5.74, 6) is -0.387. The zero-order valence-corrected chi connectivity index (χ0v) is 13.0. The Labute approximate surface area is 123 Å². The first-order valence-corrected chi connectivity index (χ1v) is 7.90. The molecule has 0 aliphatic heterocycles. The number of sulfonamides is 1. The van der Waals surface area contributed by atoms with Gasteiger partial charge in [-0.25, -0.2) is 8.42 Å². The molecule has 0 unspecified atom stereocenters. The highest BCUT2D eigenvalue weighted by molar-refractivity contribution is 7.89. The normalized spacial score (nSPS) is 11.6. The Hall–Kier alpha value is -1.31. The summed E-state index contributed by atoms with van der Waals surface area (Å²) < 4.78 is 26.2. The van der Waals surface area contributed by atoms with Crippen LogP contribution >= 0.6 is 11.6 Å². The van der Waals surface area contributed by atoms with Gasteiger partial charge in [0.25, 0.3) is 0 Å². The van der Waals surface area contributed by atoms with Crippen LogP contribution in [0.1, 0.15) is 13.3 Å². The number of carbonyl (C=O) groups is 1. The van der Waals surface area contributed by atoms with E-state index in [1.165, 1.54) is 25.2 Å². The molecule has 0 aliphatic rings. The second-order valence-corrected chi connectivity index (χ2v) is 6.52. The molecule has 0 aromatic heterocycles. The third kappa shape index (κ3) is 3.84. The van der Waals surface area contributed by atoms with Gasteiger partial charge < -0.3 is 11.1 Å². The van der Waals surface area contributed by atoms with E-state index in [0.717, 1.165) is 4.31 Å².